The van der Waals surface area contributed by atoms with E-state index in [1.165, 1.54) is 6.08 Å². The number of furan rings is 1. The number of pyridine rings is 1. The van der Waals surface area contributed by atoms with Gasteiger partial charge in [-0.25, -0.2) is 0 Å². The van der Waals surface area contributed by atoms with Crippen molar-refractivity contribution in [3.8, 4) is 11.3 Å². The predicted octanol–water partition coefficient (Wildman–Crippen LogP) is 9.47. The molecule has 5 aromatic rings. The van der Waals surface area contributed by atoms with Crippen LogP contribution in [0.15, 0.2) is 89.0 Å². The minimum atomic E-state index is 0. The molecule has 5 rings (SSSR count). The third kappa shape index (κ3) is 6.66. The first-order valence-corrected chi connectivity index (χ1v) is 13.6. The maximum absolute atomic E-state index is 11.7. The van der Waals surface area contributed by atoms with Gasteiger partial charge in [-0.1, -0.05) is 64.1 Å². The van der Waals surface area contributed by atoms with Crippen molar-refractivity contribution in [3.05, 3.63) is 90.7 Å². The SMILES string of the molecule is CCC(CC)C(=O)/C=C(\O)C(CC)CC.[Ir].[c-]1ccccc1-c1nc2ccccc2c2c1oc1ccccc12. The van der Waals surface area contributed by atoms with Gasteiger partial charge in [0.25, 0.3) is 0 Å². The first kappa shape index (κ1) is 30.3. The molecule has 205 valence electrons. The van der Waals surface area contributed by atoms with Crippen LogP contribution < -0.4 is 0 Å². The first-order chi connectivity index (χ1) is 18.5. The Morgan fingerprint density at radius 3 is 2.13 bits per heavy atom. The first-order valence-electron chi connectivity index (χ1n) is 13.6. The molecule has 0 unspecified atom stereocenters. The molecule has 1 N–H and O–H groups in total. The second kappa shape index (κ2) is 14.2. The molecule has 0 spiro atoms. The van der Waals surface area contributed by atoms with Crippen molar-refractivity contribution >= 4 is 38.6 Å². The molecule has 0 fully saturated rings. The van der Waals surface area contributed by atoms with E-state index in [0.717, 1.165) is 69.8 Å². The molecule has 3 aromatic carbocycles. The van der Waals surface area contributed by atoms with Crippen LogP contribution in [0, 0.1) is 17.9 Å². The molecule has 0 amide bonds. The quantitative estimate of drug-likeness (QED) is 0.0997. The number of hydrogen-bond acceptors (Lipinski definition) is 4. The molecule has 0 aliphatic rings. The molecule has 2 aromatic heterocycles. The van der Waals surface area contributed by atoms with Gasteiger partial charge in [-0.15, -0.1) is 35.9 Å². The standard InChI is InChI=1S/C21H12NO.C13H24O2.Ir/c1-2-8-14(9-3-1)20-21-19(15-10-4-6-12-17(15)22-20)16-11-5-7-13-18(16)23-21;1-5-10(6-2)12(14)9-13(15)11(7-3)8-4;/h1-8,10-13H;9-11,14H,5-8H2,1-4H3;/q-1;;/b;12-9-;. The van der Waals surface area contributed by atoms with E-state index in [-0.39, 0.29) is 43.5 Å². The predicted molar refractivity (Wildman–Crippen MR) is 157 cm³/mol. The number of nitrogens with zero attached hydrogens (tertiary/aromatic N) is 1. The molecule has 0 aliphatic heterocycles. The van der Waals surface area contributed by atoms with Crippen molar-refractivity contribution in [2.45, 2.75) is 53.4 Å². The number of aliphatic hydroxyl groups is 1. The fourth-order valence-corrected chi connectivity index (χ4v) is 4.94. The van der Waals surface area contributed by atoms with E-state index in [1.807, 2.05) is 88.4 Å². The Balaban J connectivity index is 0.000000233. The van der Waals surface area contributed by atoms with Gasteiger partial charge in [0, 0.05) is 59.9 Å². The summed E-state index contributed by atoms with van der Waals surface area (Å²) >= 11 is 0. The van der Waals surface area contributed by atoms with Gasteiger partial charge in [-0.3, -0.25) is 9.78 Å². The van der Waals surface area contributed by atoms with Gasteiger partial charge in [0.05, 0.1) is 11.3 Å². The van der Waals surface area contributed by atoms with E-state index in [9.17, 15) is 9.90 Å². The van der Waals surface area contributed by atoms with E-state index in [0.29, 0.717) is 0 Å². The van der Waals surface area contributed by atoms with E-state index in [1.54, 1.807) is 0 Å². The second-order valence-corrected chi connectivity index (χ2v) is 9.55. The monoisotopic (exact) mass is 699 g/mol. The number of carbonyl (C=O) groups excluding carboxylic acids is 1. The number of benzene rings is 3. The molecule has 1 radical (unpaired) electrons. The molecule has 5 heteroatoms. The van der Waals surface area contributed by atoms with Crippen LogP contribution >= 0.6 is 0 Å². The van der Waals surface area contributed by atoms with Crippen molar-refractivity contribution in [1.29, 1.82) is 0 Å². The average Bonchev–Trinajstić information content (AvgIpc) is 3.35. The van der Waals surface area contributed by atoms with Gasteiger partial charge >= 0.3 is 0 Å². The Morgan fingerprint density at radius 1 is 0.872 bits per heavy atom. The third-order valence-corrected chi connectivity index (χ3v) is 7.26. The molecule has 0 saturated carbocycles. The van der Waals surface area contributed by atoms with Crippen LogP contribution in [0.2, 0.25) is 0 Å². The Morgan fingerprint density at radius 2 is 1.49 bits per heavy atom. The van der Waals surface area contributed by atoms with Crippen molar-refractivity contribution in [1.82, 2.24) is 4.98 Å². The van der Waals surface area contributed by atoms with Crippen molar-refractivity contribution in [3.63, 3.8) is 0 Å². The zero-order valence-corrected chi connectivity index (χ0v) is 25.4. The summed E-state index contributed by atoms with van der Waals surface area (Å²) in [5, 5.41) is 13.1. The number of carbonyl (C=O) groups is 1. The van der Waals surface area contributed by atoms with Crippen LogP contribution in [-0.2, 0) is 24.9 Å². The number of fused-ring (bicyclic) bond motifs is 5. The van der Waals surface area contributed by atoms with E-state index in [2.05, 4.69) is 18.2 Å². The van der Waals surface area contributed by atoms with Gasteiger partial charge in [-0.2, -0.15) is 0 Å². The molecule has 0 saturated heterocycles. The van der Waals surface area contributed by atoms with Gasteiger partial charge in [0.1, 0.15) is 11.2 Å². The van der Waals surface area contributed by atoms with Gasteiger partial charge in [-0.05, 0) is 37.8 Å². The summed E-state index contributed by atoms with van der Waals surface area (Å²) in [6.45, 7) is 8.07. The number of allylic oxidation sites excluding steroid dienone is 2. The number of aromatic nitrogens is 1. The summed E-state index contributed by atoms with van der Waals surface area (Å²) in [4.78, 5) is 16.6. The van der Waals surface area contributed by atoms with Crippen molar-refractivity contribution < 1.29 is 34.4 Å². The molecular weight excluding hydrogens is 663 g/mol. The summed E-state index contributed by atoms with van der Waals surface area (Å²) in [6, 6.07) is 27.5. The van der Waals surface area contributed by atoms with E-state index in [4.69, 9.17) is 9.40 Å². The Labute approximate surface area is 244 Å². The zero-order chi connectivity index (χ0) is 27.1. The number of ketones is 1. The molecule has 0 aliphatic carbocycles. The van der Waals surface area contributed by atoms with Gasteiger partial charge < -0.3 is 9.52 Å². The maximum atomic E-state index is 11.7. The van der Waals surface area contributed by atoms with Crippen LogP contribution in [0.25, 0.3) is 44.1 Å². The fourth-order valence-electron chi connectivity index (χ4n) is 4.94. The smallest absolute Gasteiger partial charge is 0.162 e. The molecular formula is C34H36IrNO3-. The molecule has 0 bridgehead atoms. The van der Waals surface area contributed by atoms with Gasteiger partial charge in [0.15, 0.2) is 5.78 Å². The molecule has 4 nitrogen and oxygen atoms in total. The number of rotatable bonds is 8. The van der Waals surface area contributed by atoms with Crippen LogP contribution in [0.4, 0.5) is 0 Å². The normalized spacial score (nSPS) is 11.6. The Hall–Kier alpha value is -3.27. The van der Waals surface area contributed by atoms with E-state index >= 15 is 0 Å². The van der Waals surface area contributed by atoms with Crippen molar-refractivity contribution in [2.24, 2.45) is 11.8 Å². The van der Waals surface area contributed by atoms with Crippen LogP contribution in [0.5, 0.6) is 0 Å². The summed E-state index contributed by atoms with van der Waals surface area (Å²) in [7, 11) is 0. The summed E-state index contributed by atoms with van der Waals surface area (Å²) in [5.74, 6) is 0.547. The maximum Gasteiger partial charge on any atom is 0.162 e. The Kier molecular flexibility index (Phi) is 11.0. The minimum absolute atomic E-state index is 0. The molecule has 0 atom stereocenters. The largest absolute Gasteiger partial charge is 0.512 e. The Bertz CT molecular complexity index is 1550. The van der Waals surface area contributed by atoms with Crippen molar-refractivity contribution in [2.75, 3.05) is 0 Å². The van der Waals surface area contributed by atoms with Gasteiger partial charge in [0.2, 0.25) is 0 Å². The summed E-state index contributed by atoms with van der Waals surface area (Å²) < 4.78 is 6.16. The zero-order valence-electron chi connectivity index (χ0n) is 23.0. The number of hydrogen-bond donors (Lipinski definition) is 1. The van der Waals surface area contributed by atoms with Crippen LogP contribution in [0.3, 0.4) is 0 Å². The van der Waals surface area contributed by atoms with Crippen LogP contribution in [-0.4, -0.2) is 15.9 Å². The average molecular weight is 699 g/mol. The fraction of sp³-hybridized carbons (Fsp3) is 0.294. The third-order valence-electron chi connectivity index (χ3n) is 7.26. The number of aliphatic hydroxyl groups excluding tert-OH is 1. The van der Waals surface area contributed by atoms with E-state index < -0.39 is 0 Å². The summed E-state index contributed by atoms with van der Waals surface area (Å²) in [6.07, 6.45) is 4.91. The topological polar surface area (TPSA) is 63.3 Å². The summed E-state index contributed by atoms with van der Waals surface area (Å²) in [5.41, 5.74) is 4.47. The second-order valence-electron chi connectivity index (χ2n) is 9.55. The van der Waals surface area contributed by atoms with Crippen LogP contribution in [0.1, 0.15) is 53.4 Å². The number of para-hydroxylation sites is 2. The molecule has 2 heterocycles. The minimum Gasteiger partial charge on any atom is -0.512 e. The molecule has 39 heavy (non-hydrogen) atoms.